The number of hydrogen-bond donors (Lipinski definition) is 0. The van der Waals surface area contributed by atoms with Crippen molar-refractivity contribution in [2.75, 3.05) is 24.7 Å². The summed E-state index contributed by atoms with van der Waals surface area (Å²) in [6, 6.07) is 11.7. The molecule has 0 aromatic heterocycles. The lowest BCUT2D eigenvalue weighted by Crippen LogP contribution is -2.49. The number of methoxy groups -OCH3 is 1. The van der Waals surface area contributed by atoms with E-state index >= 15 is 0 Å². The molecule has 0 aliphatic carbocycles. The number of rotatable bonds is 8. The number of halogens is 1. The summed E-state index contributed by atoms with van der Waals surface area (Å²) < 4.78 is 45.1. The molecule has 1 atom stereocenters. The zero-order valence-corrected chi connectivity index (χ0v) is 17.2. The van der Waals surface area contributed by atoms with E-state index in [9.17, 15) is 17.6 Å². The first-order chi connectivity index (χ1) is 13.2. The summed E-state index contributed by atoms with van der Waals surface area (Å²) in [6.45, 7) is 1.98. The predicted molar refractivity (Wildman–Crippen MR) is 107 cm³/mol. The fourth-order valence-electron chi connectivity index (χ4n) is 2.99. The molecule has 0 radical (unpaired) electrons. The van der Waals surface area contributed by atoms with Gasteiger partial charge in [-0.3, -0.25) is 9.10 Å². The first kappa shape index (κ1) is 21.7. The number of carbonyl (C=O) groups excluding carboxylic acids is 1. The number of likely N-dealkylation sites (N-methyl/N-ethyl adjacent to an activating group) is 1. The molecule has 0 saturated carbocycles. The third-order valence-corrected chi connectivity index (χ3v) is 5.52. The number of sulfonamides is 1. The Labute approximate surface area is 165 Å². The molecule has 0 heterocycles. The van der Waals surface area contributed by atoms with E-state index in [1.165, 1.54) is 29.2 Å². The standard InChI is InChI=1S/C20H25FN2O4S/c1-5-18(23(28(4,25)26)19-9-7-6-8-17(19)21)20(24)22(2)14-15-10-12-16(27-3)13-11-15/h6-13,18H,5,14H2,1-4H3. The van der Waals surface area contributed by atoms with Gasteiger partial charge in [0, 0.05) is 13.6 Å². The highest BCUT2D eigenvalue weighted by molar-refractivity contribution is 7.92. The molecule has 2 aromatic carbocycles. The SMILES string of the molecule is CCC(C(=O)N(C)Cc1ccc(OC)cc1)N(c1ccccc1F)S(C)(=O)=O. The molecule has 0 saturated heterocycles. The quantitative estimate of drug-likeness (QED) is 0.673. The van der Waals surface area contributed by atoms with Gasteiger partial charge in [-0.15, -0.1) is 0 Å². The largest absolute Gasteiger partial charge is 0.497 e. The lowest BCUT2D eigenvalue weighted by atomic mass is 10.1. The molecule has 1 amide bonds. The van der Waals surface area contributed by atoms with Crippen molar-refractivity contribution < 1.29 is 22.3 Å². The van der Waals surface area contributed by atoms with Crippen LogP contribution in [-0.2, 0) is 21.4 Å². The minimum Gasteiger partial charge on any atom is -0.497 e. The van der Waals surface area contributed by atoms with Crippen LogP contribution in [0.25, 0.3) is 0 Å². The van der Waals surface area contributed by atoms with E-state index in [2.05, 4.69) is 0 Å². The lowest BCUT2D eigenvalue weighted by molar-refractivity contribution is -0.131. The Morgan fingerprint density at radius 1 is 1.14 bits per heavy atom. The summed E-state index contributed by atoms with van der Waals surface area (Å²) in [4.78, 5) is 14.5. The first-order valence-electron chi connectivity index (χ1n) is 8.80. The minimum absolute atomic E-state index is 0.136. The van der Waals surface area contributed by atoms with Crippen LogP contribution in [0.2, 0.25) is 0 Å². The van der Waals surface area contributed by atoms with Crippen molar-refractivity contribution in [3.8, 4) is 5.75 Å². The van der Waals surface area contributed by atoms with Gasteiger partial charge in [-0.1, -0.05) is 31.2 Å². The molecule has 1 unspecified atom stereocenters. The summed E-state index contributed by atoms with van der Waals surface area (Å²) in [6.07, 6.45) is 1.17. The molecule has 28 heavy (non-hydrogen) atoms. The minimum atomic E-state index is -3.88. The van der Waals surface area contributed by atoms with Crippen LogP contribution in [0.1, 0.15) is 18.9 Å². The summed E-state index contributed by atoms with van der Waals surface area (Å²) in [7, 11) is -0.720. The molecular formula is C20H25FN2O4S. The second kappa shape index (κ2) is 9.05. The third-order valence-electron chi connectivity index (χ3n) is 4.36. The van der Waals surface area contributed by atoms with Gasteiger partial charge in [-0.25, -0.2) is 12.8 Å². The predicted octanol–water partition coefficient (Wildman–Crippen LogP) is 3.04. The first-order valence-corrected chi connectivity index (χ1v) is 10.7. The third kappa shape index (κ3) is 5.01. The summed E-state index contributed by atoms with van der Waals surface area (Å²) in [5.74, 6) is -0.407. The number of para-hydroxylation sites is 1. The number of amides is 1. The van der Waals surface area contributed by atoms with E-state index in [1.54, 1.807) is 33.2 Å². The summed E-state index contributed by atoms with van der Waals surface area (Å²) in [5.41, 5.74) is 0.728. The van der Waals surface area contributed by atoms with Crippen LogP contribution in [0.5, 0.6) is 5.75 Å². The number of nitrogens with zero attached hydrogens (tertiary/aromatic N) is 2. The Balaban J connectivity index is 2.31. The van der Waals surface area contributed by atoms with Crippen LogP contribution in [-0.4, -0.2) is 45.7 Å². The highest BCUT2D eigenvalue weighted by Gasteiger charge is 2.34. The second-order valence-corrected chi connectivity index (χ2v) is 8.34. The molecule has 8 heteroatoms. The van der Waals surface area contributed by atoms with Crippen molar-refractivity contribution in [1.82, 2.24) is 4.90 Å². The Morgan fingerprint density at radius 2 is 1.75 bits per heavy atom. The fourth-order valence-corrected chi connectivity index (χ4v) is 4.19. The molecule has 0 spiro atoms. The van der Waals surface area contributed by atoms with Crippen molar-refractivity contribution in [3.63, 3.8) is 0 Å². The molecule has 0 fully saturated rings. The zero-order chi connectivity index (χ0) is 20.9. The van der Waals surface area contributed by atoms with Crippen molar-refractivity contribution in [3.05, 3.63) is 59.9 Å². The highest BCUT2D eigenvalue weighted by Crippen LogP contribution is 2.26. The molecule has 6 nitrogen and oxygen atoms in total. The number of anilines is 1. The zero-order valence-electron chi connectivity index (χ0n) is 16.4. The number of carbonyl (C=O) groups is 1. The van der Waals surface area contributed by atoms with E-state index in [4.69, 9.17) is 4.74 Å². The highest BCUT2D eigenvalue weighted by atomic mass is 32.2. The van der Waals surface area contributed by atoms with Crippen LogP contribution in [0.3, 0.4) is 0 Å². The molecular weight excluding hydrogens is 383 g/mol. The number of hydrogen-bond acceptors (Lipinski definition) is 4. The van der Waals surface area contributed by atoms with E-state index in [0.29, 0.717) is 5.75 Å². The van der Waals surface area contributed by atoms with Crippen molar-refractivity contribution in [2.24, 2.45) is 0 Å². The monoisotopic (exact) mass is 408 g/mol. The van der Waals surface area contributed by atoms with Gasteiger partial charge in [0.15, 0.2) is 0 Å². The van der Waals surface area contributed by atoms with E-state index < -0.39 is 27.8 Å². The van der Waals surface area contributed by atoms with Gasteiger partial charge in [0.1, 0.15) is 17.6 Å². The van der Waals surface area contributed by atoms with E-state index in [0.717, 1.165) is 16.1 Å². The van der Waals surface area contributed by atoms with Crippen LogP contribution < -0.4 is 9.04 Å². The Morgan fingerprint density at radius 3 is 2.25 bits per heavy atom. The van der Waals surface area contributed by atoms with Gasteiger partial charge in [0.25, 0.3) is 0 Å². The molecule has 2 aromatic rings. The molecule has 0 aliphatic rings. The van der Waals surface area contributed by atoms with Crippen molar-refractivity contribution >= 4 is 21.6 Å². The number of ether oxygens (including phenoxy) is 1. The maximum Gasteiger partial charge on any atom is 0.246 e. The van der Waals surface area contributed by atoms with Gasteiger partial charge >= 0.3 is 0 Å². The smallest absolute Gasteiger partial charge is 0.246 e. The van der Waals surface area contributed by atoms with Gasteiger partial charge in [0.2, 0.25) is 15.9 Å². The molecule has 0 aliphatic heterocycles. The fraction of sp³-hybridized carbons (Fsp3) is 0.350. The van der Waals surface area contributed by atoms with Crippen LogP contribution in [0.15, 0.2) is 48.5 Å². The Bertz CT molecular complexity index is 916. The van der Waals surface area contributed by atoms with Gasteiger partial charge in [0.05, 0.1) is 19.1 Å². The summed E-state index contributed by atoms with van der Waals surface area (Å²) in [5, 5.41) is 0. The van der Waals surface area contributed by atoms with Gasteiger partial charge in [-0.2, -0.15) is 0 Å². The maximum absolute atomic E-state index is 14.3. The second-order valence-electron chi connectivity index (χ2n) is 6.48. The van der Waals surface area contributed by atoms with Crippen LogP contribution in [0, 0.1) is 5.82 Å². The average Bonchev–Trinajstić information content (AvgIpc) is 2.66. The van der Waals surface area contributed by atoms with Crippen LogP contribution in [0.4, 0.5) is 10.1 Å². The molecule has 152 valence electrons. The average molecular weight is 408 g/mol. The van der Waals surface area contributed by atoms with E-state index in [1.807, 2.05) is 12.1 Å². The molecule has 0 bridgehead atoms. The van der Waals surface area contributed by atoms with Crippen molar-refractivity contribution in [2.45, 2.75) is 25.9 Å². The maximum atomic E-state index is 14.3. The van der Waals surface area contributed by atoms with E-state index in [-0.39, 0.29) is 18.7 Å². The number of benzene rings is 2. The Hall–Kier alpha value is -2.61. The van der Waals surface area contributed by atoms with Crippen LogP contribution >= 0.6 is 0 Å². The summed E-state index contributed by atoms with van der Waals surface area (Å²) >= 11 is 0. The molecule has 0 N–H and O–H groups in total. The normalized spacial score (nSPS) is 12.3. The van der Waals surface area contributed by atoms with Gasteiger partial charge < -0.3 is 9.64 Å². The lowest BCUT2D eigenvalue weighted by Gasteiger charge is -2.33. The van der Waals surface area contributed by atoms with Crippen molar-refractivity contribution in [1.29, 1.82) is 0 Å². The Kier molecular flexibility index (Phi) is 7.01. The topological polar surface area (TPSA) is 66.9 Å². The molecule has 2 rings (SSSR count). The van der Waals surface area contributed by atoms with Gasteiger partial charge in [-0.05, 0) is 36.2 Å².